The van der Waals surface area contributed by atoms with E-state index in [2.05, 4.69) is 10.1 Å². The molecule has 7 nitrogen and oxygen atoms in total. The van der Waals surface area contributed by atoms with Crippen LogP contribution in [-0.4, -0.2) is 24.3 Å². The summed E-state index contributed by atoms with van der Waals surface area (Å²) < 4.78 is 2.66. The highest BCUT2D eigenvalue weighted by Gasteiger charge is 2.14. The number of rotatable bonds is 2. The summed E-state index contributed by atoms with van der Waals surface area (Å²) in [5.74, 6) is 0.314. The molecule has 0 saturated heterocycles. The number of hydrogen-bond donors (Lipinski definition) is 2. The second kappa shape index (κ2) is 5.24. The van der Waals surface area contributed by atoms with Gasteiger partial charge >= 0.3 is 5.69 Å². The van der Waals surface area contributed by atoms with Crippen LogP contribution >= 0.6 is 0 Å². The normalized spacial score (nSPS) is 11.0. The van der Waals surface area contributed by atoms with Crippen LogP contribution in [-0.2, 0) is 0 Å². The minimum Gasteiger partial charge on any atom is -0.508 e. The molecule has 2 heterocycles. The number of nitrogens with zero attached hydrogens (tertiary/aromatic N) is 4. The predicted molar refractivity (Wildman–Crippen MR) is 90.1 cm³/mol. The van der Waals surface area contributed by atoms with E-state index in [9.17, 15) is 9.90 Å². The van der Waals surface area contributed by atoms with Gasteiger partial charge in [0.1, 0.15) is 5.75 Å². The molecule has 118 valence electrons. The Morgan fingerprint density at radius 2 is 1.71 bits per heavy atom. The highest BCUT2D eigenvalue weighted by atomic mass is 16.3. The molecule has 0 aliphatic rings. The van der Waals surface area contributed by atoms with Gasteiger partial charge in [0.15, 0.2) is 5.82 Å². The predicted octanol–water partition coefficient (Wildman–Crippen LogP) is 1.83. The van der Waals surface area contributed by atoms with Crippen LogP contribution in [0.4, 0.5) is 5.82 Å². The van der Waals surface area contributed by atoms with Crippen molar-refractivity contribution in [3.8, 4) is 22.7 Å². The van der Waals surface area contributed by atoms with E-state index in [4.69, 9.17) is 5.73 Å². The third kappa shape index (κ3) is 2.19. The monoisotopic (exact) mass is 319 g/mol. The Balaban J connectivity index is 1.94. The number of benzene rings is 2. The molecule has 0 bridgehead atoms. The molecule has 3 N–H and O–H groups in total. The van der Waals surface area contributed by atoms with E-state index in [1.165, 1.54) is 9.08 Å². The summed E-state index contributed by atoms with van der Waals surface area (Å²) in [6.45, 7) is 0. The van der Waals surface area contributed by atoms with Crippen LogP contribution < -0.4 is 11.4 Å². The van der Waals surface area contributed by atoms with E-state index in [1.807, 2.05) is 18.2 Å². The Morgan fingerprint density at radius 1 is 1.00 bits per heavy atom. The molecule has 24 heavy (non-hydrogen) atoms. The number of nitrogen functional groups attached to an aromatic ring is 1. The smallest absolute Gasteiger partial charge is 0.355 e. The van der Waals surface area contributed by atoms with Gasteiger partial charge in [-0.1, -0.05) is 18.2 Å². The van der Waals surface area contributed by atoms with E-state index in [0.717, 1.165) is 5.56 Å². The molecule has 0 spiro atoms. The van der Waals surface area contributed by atoms with Crippen LogP contribution in [0.5, 0.6) is 5.75 Å². The molecular weight excluding hydrogens is 306 g/mol. The highest BCUT2D eigenvalue weighted by Crippen LogP contribution is 2.22. The molecule has 0 atom stereocenters. The maximum Gasteiger partial charge on any atom is 0.355 e. The molecule has 0 fully saturated rings. The van der Waals surface area contributed by atoms with Crippen LogP contribution in [0, 0.1) is 0 Å². The third-order valence-electron chi connectivity index (χ3n) is 3.70. The standard InChI is InChI=1S/C17H13N5O2/c18-15-16-20-22(12-4-2-1-3-5-12)17(24)21(16)10-14(19-15)11-6-8-13(23)9-7-11/h1-10,23H,(H2,18,19). The third-order valence-corrected chi connectivity index (χ3v) is 3.70. The number of phenols is 1. The maximum atomic E-state index is 12.7. The molecule has 0 radical (unpaired) electrons. The number of phenolic OH excluding ortho intramolecular Hbond substituents is 1. The molecule has 4 rings (SSSR count). The number of hydrogen-bond acceptors (Lipinski definition) is 5. The van der Waals surface area contributed by atoms with Crippen molar-refractivity contribution in [3.05, 3.63) is 71.3 Å². The van der Waals surface area contributed by atoms with Gasteiger partial charge in [-0.3, -0.25) is 0 Å². The summed E-state index contributed by atoms with van der Waals surface area (Å²) in [4.78, 5) is 17.0. The van der Waals surface area contributed by atoms with Crippen LogP contribution in [0.1, 0.15) is 0 Å². The van der Waals surface area contributed by atoms with Gasteiger partial charge in [-0.15, -0.1) is 5.10 Å². The molecule has 0 aliphatic heterocycles. The summed E-state index contributed by atoms with van der Waals surface area (Å²) in [7, 11) is 0. The minimum absolute atomic E-state index is 0.155. The first-order valence-electron chi connectivity index (χ1n) is 7.26. The summed E-state index contributed by atoms with van der Waals surface area (Å²) in [5, 5.41) is 13.7. The quantitative estimate of drug-likeness (QED) is 0.587. The van der Waals surface area contributed by atoms with Gasteiger partial charge in [0.2, 0.25) is 5.65 Å². The van der Waals surface area contributed by atoms with E-state index in [0.29, 0.717) is 17.0 Å². The van der Waals surface area contributed by atoms with Crippen molar-refractivity contribution in [2.75, 3.05) is 5.73 Å². The van der Waals surface area contributed by atoms with E-state index < -0.39 is 0 Å². The zero-order valence-electron chi connectivity index (χ0n) is 12.5. The average Bonchev–Trinajstić information content (AvgIpc) is 2.94. The number of anilines is 1. The van der Waals surface area contributed by atoms with Gasteiger partial charge in [0.25, 0.3) is 0 Å². The molecule has 0 unspecified atom stereocenters. The molecule has 0 amide bonds. The fourth-order valence-electron chi connectivity index (χ4n) is 2.51. The zero-order valence-corrected chi connectivity index (χ0v) is 12.5. The van der Waals surface area contributed by atoms with Gasteiger partial charge in [0.05, 0.1) is 11.4 Å². The summed E-state index contributed by atoms with van der Waals surface area (Å²) in [6, 6.07) is 15.6. The molecular formula is C17H13N5O2. The van der Waals surface area contributed by atoms with Crippen molar-refractivity contribution >= 4 is 11.5 Å². The first kappa shape index (κ1) is 14.0. The number of aromatic hydroxyl groups is 1. The molecule has 7 heteroatoms. The SMILES string of the molecule is Nc1nc(-c2ccc(O)cc2)cn2c(=O)n(-c3ccccc3)nc12. The van der Waals surface area contributed by atoms with Crippen molar-refractivity contribution in [2.45, 2.75) is 0 Å². The minimum atomic E-state index is -0.328. The van der Waals surface area contributed by atoms with Gasteiger partial charge in [-0.2, -0.15) is 4.68 Å². The Hall–Kier alpha value is -3.61. The summed E-state index contributed by atoms with van der Waals surface area (Å²) in [6.07, 6.45) is 1.59. The first-order chi connectivity index (χ1) is 11.6. The maximum absolute atomic E-state index is 12.7. The Morgan fingerprint density at radius 3 is 2.42 bits per heavy atom. The van der Waals surface area contributed by atoms with Gasteiger partial charge in [0, 0.05) is 11.8 Å². The van der Waals surface area contributed by atoms with E-state index in [-0.39, 0.29) is 17.3 Å². The summed E-state index contributed by atoms with van der Waals surface area (Å²) >= 11 is 0. The first-order valence-corrected chi connectivity index (χ1v) is 7.26. The van der Waals surface area contributed by atoms with Crippen molar-refractivity contribution in [1.82, 2.24) is 19.2 Å². The number of aromatic nitrogens is 4. The second-order valence-corrected chi connectivity index (χ2v) is 5.28. The molecule has 2 aromatic heterocycles. The molecule has 2 aromatic carbocycles. The topological polar surface area (TPSA) is 98.4 Å². The van der Waals surface area contributed by atoms with E-state index in [1.54, 1.807) is 42.6 Å². The lowest BCUT2D eigenvalue weighted by Gasteiger charge is -2.03. The lowest BCUT2D eigenvalue weighted by molar-refractivity contribution is 0.475. The van der Waals surface area contributed by atoms with Crippen LogP contribution in [0.15, 0.2) is 65.6 Å². The largest absolute Gasteiger partial charge is 0.508 e. The Bertz CT molecular complexity index is 1080. The van der Waals surface area contributed by atoms with Gasteiger partial charge < -0.3 is 10.8 Å². The van der Waals surface area contributed by atoms with Crippen LogP contribution in [0.3, 0.4) is 0 Å². The van der Waals surface area contributed by atoms with Crippen molar-refractivity contribution in [2.24, 2.45) is 0 Å². The Kier molecular flexibility index (Phi) is 3.06. The number of para-hydroxylation sites is 1. The van der Waals surface area contributed by atoms with Crippen molar-refractivity contribution in [3.63, 3.8) is 0 Å². The highest BCUT2D eigenvalue weighted by molar-refractivity contribution is 5.67. The zero-order chi connectivity index (χ0) is 16.7. The fraction of sp³-hybridized carbons (Fsp3) is 0. The van der Waals surface area contributed by atoms with Crippen molar-refractivity contribution < 1.29 is 5.11 Å². The number of fused-ring (bicyclic) bond motifs is 1. The van der Waals surface area contributed by atoms with Gasteiger partial charge in [-0.25, -0.2) is 14.2 Å². The lowest BCUT2D eigenvalue weighted by atomic mass is 10.1. The van der Waals surface area contributed by atoms with Crippen LogP contribution in [0.25, 0.3) is 22.6 Å². The molecule has 4 aromatic rings. The number of nitrogens with two attached hydrogens (primary N) is 1. The van der Waals surface area contributed by atoms with Gasteiger partial charge in [-0.05, 0) is 36.4 Å². The second-order valence-electron chi connectivity index (χ2n) is 5.28. The van der Waals surface area contributed by atoms with Crippen molar-refractivity contribution in [1.29, 1.82) is 0 Å². The average molecular weight is 319 g/mol. The molecule has 0 aliphatic carbocycles. The molecule has 0 saturated carbocycles. The Labute approximate surface area is 136 Å². The van der Waals surface area contributed by atoms with Crippen LogP contribution in [0.2, 0.25) is 0 Å². The lowest BCUT2D eigenvalue weighted by Crippen LogP contribution is -2.19. The fourth-order valence-corrected chi connectivity index (χ4v) is 2.51. The summed E-state index contributed by atoms with van der Waals surface area (Å²) in [5.41, 5.74) is 7.87. The van der Waals surface area contributed by atoms with E-state index >= 15 is 0 Å².